The number of nitro benzene ring substituents is 1. The Balaban J connectivity index is 1.30. The molecule has 2 aromatic carbocycles. The molecule has 12 heteroatoms. The van der Waals surface area contributed by atoms with E-state index >= 15 is 0 Å². The Labute approximate surface area is 194 Å². The molecule has 4 rings (SSSR count). The lowest BCUT2D eigenvalue weighted by atomic mass is 10.2. The molecule has 1 aliphatic rings. The number of benzene rings is 2. The first-order valence-corrected chi connectivity index (χ1v) is 11.9. The van der Waals surface area contributed by atoms with Gasteiger partial charge in [0.2, 0.25) is 15.9 Å². The zero-order valence-corrected chi connectivity index (χ0v) is 18.8. The summed E-state index contributed by atoms with van der Waals surface area (Å²) in [7, 11) is -3.81. The Morgan fingerprint density at radius 3 is 2.32 bits per heavy atom. The number of hydrogen-bond donors (Lipinski definition) is 0. The van der Waals surface area contributed by atoms with Crippen LogP contribution in [0.1, 0.15) is 12.3 Å². The van der Waals surface area contributed by atoms with Gasteiger partial charge in [0.05, 0.1) is 16.0 Å². The first-order valence-electron chi connectivity index (χ1n) is 10.5. The van der Waals surface area contributed by atoms with Crippen LogP contribution in [-0.2, 0) is 21.2 Å². The van der Waals surface area contributed by atoms with Crippen LogP contribution in [0.15, 0.2) is 64.0 Å². The SMILES string of the molecule is O=C(CCc1ncc(-c2ccc(F)cc2)o1)N1CCN(S(=O)(=O)c2ccc([N+](=O)[O-])cc2)CC1. The minimum Gasteiger partial charge on any atom is -0.441 e. The molecular formula is C22H21FN4O6S. The maximum absolute atomic E-state index is 13.1. The van der Waals surface area contributed by atoms with Crippen LogP contribution in [0.3, 0.4) is 0 Å². The predicted molar refractivity (Wildman–Crippen MR) is 119 cm³/mol. The Kier molecular flexibility index (Phi) is 6.70. The molecule has 0 aliphatic carbocycles. The standard InChI is InChI=1S/C22H21FN4O6S/c23-17-3-1-16(2-4-17)20-15-24-21(33-20)9-10-22(28)25-11-13-26(14-12-25)34(31,32)19-7-5-18(6-8-19)27(29)30/h1-8,15H,9-14H2. The van der Waals surface area contributed by atoms with Gasteiger partial charge in [0.25, 0.3) is 5.69 Å². The lowest BCUT2D eigenvalue weighted by Gasteiger charge is -2.34. The predicted octanol–water partition coefficient (Wildman–Crippen LogP) is 2.85. The number of nitro groups is 1. The number of piperazine rings is 1. The Morgan fingerprint density at radius 2 is 1.71 bits per heavy atom. The average Bonchev–Trinajstić information content (AvgIpc) is 3.32. The molecule has 1 aliphatic heterocycles. The van der Waals surface area contributed by atoms with Crippen molar-refractivity contribution in [1.29, 1.82) is 0 Å². The van der Waals surface area contributed by atoms with Gasteiger partial charge >= 0.3 is 0 Å². The average molecular weight is 488 g/mol. The zero-order chi connectivity index (χ0) is 24.3. The first-order chi connectivity index (χ1) is 16.2. The van der Waals surface area contributed by atoms with Gasteiger partial charge in [0.15, 0.2) is 11.7 Å². The van der Waals surface area contributed by atoms with E-state index in [2.05, 4.69) is 4.98 Å². The second kappa shape index (κ2) is 9.69. The Morgan fingerprint density at radius 1 is 1.06 bits per heavy atom. The summed E-state index contributed by atoms with van der Waals surface area (Å²) in [6.45, 7) is 0.715. The fraction of sp³-hybridized carbons (Fsp3) is 0.273. The number of carbonyl (C=O) groups is 1. The summed E-state index contributed by atoms with van der Waals surface area (Å²) in [6, 6.07) is 10.5. The molecule has 0 unspecified atom stereocenters. The van der Waals surface area contributed by atoms with Crippen LogP contribution >= 0.6 is 0 Å². The van der Waals surface area contributed by atoms with Crippen molar-refractivity contribution in [3.05, 3.63) is 76.6 Å². The third-order valence-electron chi connectivity index (χ3n) is 5.51. The minimum atomic E-state index is -3.81. The summed E-state index contributed by atoms with van der Waals surface area (Å²) in [5, 5.41) is 10.8. The smallest absolute Gasteiger partial charge is 0.269 e. The monoisotopic (exact) mass is 488 g/mol. The largest absolute Gasteiger partial charge is 0.441 e. The molecule has 0 spiro atoms. The van der Waals surface area contributed by atoms with Crippen LogP contribution in [0.4, 0.5) is 10.1 Å². The summed E-state index contributed by atoms with van der Waals surface area (Å²) < 4.78 is 45.6. The van der Waals surface area contributed by atoms with Crippen LogP contribution < -0.4 is 0 Å². The number of non-ortho nitro benzene ring substituents is 1. The quantitative estimate of drug-likeness (QED) is 0.370. The molecule has 1 amide bonds. The van der Waals surface area contributed by atoms with Crippen LogP contribution in [0.2, 0.25) is 0 Å². The fourth-order valence-corrected chi connectivity index (χ4v) is 5.03. The number of aromatic nitrogens is 1. The summed E-state index contributed by atoms with van der Waals surface area (Å²) >= 11 is 0. The number of oxazole rings is 1. The number of aryl methyl sites for hydroxylation is 1. The van der Waals surface area contributed by atoms with Gasteiger partial charge in [-0.25, -0.2) is 17.8 Å². The van der Waals surface area contributed by atoms with Crippen molar-refractivity contribution in [2.24, 2.45) is 0 Å². The van der Waals surface area contributed by atoms with E-state index in [-0.39, 0.29) is 61.3 Å². The van der Waals surface area contributed by atoms with Crippen molar-refractivity contribution in [2.75, 3.05) is 26.2 Å². The van der Waals surface area contributed by atoms with Gasteiger partial charge < -0.3 is 9.32 Å². The minimum absolute atomic E-state index is 0.0290. The van der Waals surface area contributed by atoms with Gasteiger partial charge in [0, 0.05) is 56.7 Å². The number of hydrogen-bond acceptors (Lipinski definition) is 7. The van der Waals surface area contributed by atoms with E-state index in [0.29, 0.717) is 17.2 Å². The molecule has 0 saturated carbocycles. The highest BCUT2D eigenvalue weighted by molar-refractivity contribution is 7.89. The molecule has 10 nitrogen and oxygen atoms in total. The summed E-state index contributed by atoms with van der Waals surface area (Å²) in [5.41, 5.74) is 0.488. The number of rotatable bonds is 7. The third kappa shape index (κ3) is 5.13. The van der Waals surface area contributed by atoms with Crippen molar-refractivity contribution < 1.29 is 26.9 Å². The van der Waals surface area contributed by atoms with Crippen molar-refractivity contribution in [2.45, 2.75) is 17.7 Å². The molecule has 0 atom stereocenters. The number of halogens is 1. The maximum Gasteiger partial charge on any atom is 0.269 e. The van der Waals surface area contributed by atoms with Crippen LogP contribution in [-0.4, -0.2) is 59.6 Å². The highest BCUT2D eigenvalue weighted by Gasteiger charge is 2.30. The van der Waals surface area contributed by atoms with E-state index in [1.165, 1.54) is 34.8 Å². The second-order valence-electron chi connectivity index (χ2n) is 7.66. The summed E-state index contributed by atoms with van der Waals surface area (Å²) in [4.78, 5) is 28.5. The van der Waals surface area contributed by atoms with Crippen LogP contribution in [0.5, 0.6) is 0 Å². The van der Waals surface area contributed by atoms with Gasteiger partial charge in [-0.15, -0.1) is 0 Å². The summed E-state index contributed by atoms with van der Waals surface area (Å²) in [6.07, 6.45) is 1.95. The Hall–Kier alpha value is -3.64. The molecule has 0 bridgehead atoms. The van der Waals surface area contributed by atoms with Crippen molar-refractivity contribution in [3.63, 3.8) is 0 Å². The molecule has 0 N–H and O–H groups in total. The first kappa shape index (κ1) is 23.5. The van der Waals surface area contributed by atoms with Crippen LogP contribution in [0.25, 0.3) is 11.3 Å². The molecule has 2 heterocycles. The van der Waals surface area contributed by atoms with Crippen molar-refractivity contribution in [1.82, 2.24) is 14.2 Å². The lowest BCUT2D eigenvalue weighted by Crippen LogP contribution is -2.50. The highest BCUT2D eigenvalue weighted by atomic mass is 32.2. The third-order valence-corrected chi connectivity index (χ3v) is 7.42. The number of nitrogens with zero attached hydrogens (tertiary/aromatic N) is 4. The van der Waals surface area contributed by atoms with Gasteiger partial charge in [0.1, 0.15) is 5.82 Å². The molecule has 0 radical (unpaired) electrons. The second-order valence-corrected chi connectivity index (χ2v) is 9.60. The number of amides is 1. The molecule has 1 aromatic heterocycles. The van der Waals surface area contributed by atoms with E-state index < -0.39 is 14.9 Å². The summed E-state index contributed by atoms with van der Waals surface area (Å²) in [5.74, 6) is 0.364. The normalized spacial score (nSPS) is 14.8. The lowest BCUT2D eigenvalue weighted by molar-refractivity contribution is -0.384. The number of carbonyl (C=O) groups excluding carboxylic acids is 1. The van der Waals surface area contributed by atoms with Crippen molar-refractivity contribution >= 4 is 21.6 Å². The van der Waals surface area contributed by atoms with Crippen LogP contribution in [0, 0.1) is 15.9 Å². The van der Waals surface area contributed by atoms with E-state index in [1.807, 2.05) is 0 Å². The molecule has 178 valence electrons. The van der Waals surface area contributed by atoms with E-state index in [4.69, 9.17) is 4.42 Å². The van der Waals surface area contributed by atoms with Gasteiger partial charge in [-0.05, 0) is 36.4 Å². The number of sulfonamides is 1. The van der Waals surface area contributed by atoms with Gasteiger partial charge in [-0.1, -0.05) is 0 Å². The van der Waals surface area contributed by atoms with E-state index in [1.54, 1.807) is 17.0 Å². The van der Waals surface area contributed by atoms with Gasteiger partial charge in [-0.3, -0.25) is 14.9 Å². The molecule has 34 heavy (non-hydrogen) atoms. The molecule has 1 saturated heterocycles. The van der Waals surface area contributed by atoms with Gasteiger partial charge in [-0.2, -0.15) is 4.31 Å². The van der Waals surface area contributed by atoms with E-state index in [9.17, 15) is 27.7 Å². The maximum atomic E-state index is 13.1. The molecule has 3 aromatic rings. The topological polar surface area (TPSA) is 127 Å². The van der Waals surface area contributed by atoms with E-state index in [0.717, 1.165) is 12.1 Å². The Bertz CT molecular complexity index is 1280. The zero-order valence-electron chi connectivity index (χ0n) is 18.0. The van der Waals surface area contributed by atoms with Crippen molar-refractivity contribution in [3.8, 4) is 11.3 Å². The molecular weight excluding hydrogens is 467 g/mol. The highest BCUT2D eigenvalue weighted by Crippen LogP contribution is 2.23. The fourth-order valence-electron chi connectivity index (χ4n) is 3.61. The molecule has 1 fully saturated rings.